The van der Waals surface area contributed by atoms with Crippen LogP contribution in [0.5, 0.6) is 23.0 Å². The summed E-state index contributed by atoms with van der Waals surface area (Å²) in [5.41, 5.74) is 0.702. The number of hydrogen-bond acceptors (Lipinski definition) is 12. The van der Waals surface area contributed by atoms with Gasteiger partial charge < -0.3 is 28.6 Å². The Balaban J connectivity index is 1.15. The molecule has 60 heavy (non-hydrogen) atoms. The van der Waals surface area contributed by atoms with E-state index in [0.29, 0.717) is 23.1 Å². The molecule has 0 aromatic heterocycles. The zero-order valence-electron chi connectivity index (χ0n) is 32.7. The van der Waals surface area contributed by atoms with Gasteiger partial charge in [-0.2, -0.15) is 0 Å². The van der Waals surface area contributed by atoms with Gasteiger partial charge >= 0.3 is 5.97 Å². The number of ether oxygens (including phenoxy) is 5. The summed E-state index contributed by atoms with van der Waals surface area (Å²) in [5, 5.41) is 24.5. The maximum Gasteiger partial charge on any atom is 0.329 e. The predicted molar refractivity (Wildman–Crippen MR) is 210 cm³/mol. The molecule has 2 heterocycles. The van der Waals surface area contributed by atoms with Gasteiger partial charge in [-0.1, -0.05) is 24.3 Å². The fourth-order valence-corrected chi connectivity index (χ4v) is 6.88. The lowest BCUT2D eigenvalue weighted by molar-refractivity contribution is -0.385. The topological polar surface area (TPSA) is 190 Å². The summed E-state index contributed by atoms with van der Waals surface area (Å²) < 4.78 is 54.4. The van der Waals surface area contributed by atoms with Crippen LogP contribution in [0.15, 0.2) is 85.2 Å². The molecule has 2 aliphatic rings. The summed E-state index contributed by atoms with van der Waals surface area (Å²) in [7, 11) is 3.72. The summed E-state index contributed by atoms with van der Waals surface area (Å²) in [6, 6.07) is 14.2. The van der Waals surface area contributed by atoms with Crippen LogP contribution in [-0.2, 0) is 9.53 Å². The summed E-state index contributed by atoms with van der Waals surface area (Å²) in [6.07, 6.45) is 3.55. The molecule has 4 aromatic carbocycles. The van der Waals surface area contributed by atoms with Crippen molar-refractivity contribution < 1.29 is 56.7 Å². The molecule has 0 N–H and O–H groups in total. The molecule has 0 saturated carbocycles. The number of nitrogens with zero attached hydrogens (tertiary/aromatic N) is 4. The quantitative estimate of drug-likeness (QED) is 0.0502. The molecule has 16 nitrogen and oxygen atoms in total. The molecule has 0 aliphatic carbocycles. The molecular weight excluding hydrogens is 790 g/mol. The smallest absolute Gasteiger partial charge is 0.329 e. The van der Waals surface area contributed by atoms with Crippen LogP contribution in [0.25, 0.3) is 11.1 Å². The SMILES string of the molecule is COC(=O)[C@@H]1CC(c2ccc(F)cc2)=CN1C(=O)c1cc(OC)c(OCCCOc2cc([N+](=O)[O-])c(C(=O)N3C=C(c4ccc(F)cc4)C[C@H]3C)cc2OC)cc1[N+](=O)[O-]. The van der Waals surface area contributed by atoms with Gasteiger partial charge in [0.05, 0.1) is 56.5 Å². The van der Waals surface area contributed by atoms with Gasteiger partial charge in [0.2, 0.25) is 0 Å². The first-order valence-electron chi connectivity index (χ1n) is 18.4. The zero-order valence-corrected chi connectivity index (χ0v) is 32.7. The van der Waals surface area contributed by atoms with Crippen molar-refractivity contribution in [3.63, 3.8) is 0 Å². The summed E-state index contributed by atoms with van der Waals surface area (Å²) in [4.78, 5) is 65.7. The zero-order chi connectivity index (χ0) is 43.2. The molecule has 0 spiro atoms. The van der Waals surface area contributed by atoms with Crippen LogP contribution in [0.3, 0.4) is 0 Å². The van der Waals surface area contributed by atoms with Crippen molar-refractivity contribution in [2.45, 2.75) is 38.3 Å². The number of nitro benzene ring substituents is 2. The Labute approximate surface area is 341 Å². The largest absolute Gasteiger partial charge is 0.493 e. The maximum absolute atomic E-state index is 13.9. The third-order valence-corrected chi connectivity index (χ3v) is 9.92. The number of benzene rings is 4. The van der Waals surface area contributed by atoms with Crippen LogP contribution in [0.1, 0.15) is 58.0 Å². The molecular formula is C42H38F2N4O12. The molecule has 2 atom stereocenters. The molecule has 2 aliphatic heterocycles. The van der Waals surface area contributed by atoms with Gasteiger partial charge in [0.25, 0.3) is 23.2 Å². The van der Waals surface area contributed by atoms with E-state index in [1.807, 2.05) is 0 Å². The van der Waals surface area contributed by atoms with E-state index in [1.54, 1.807) is 25.3 Å². The Morgan fingerprint density at radius 1 is 0.667 bits per heavy atom. The second-order valence-electron chi connectivity index (χ2n) is 13.6. The van der Waals surface area contributed by atoms with Gasteiger partial charge in [0.1, 0.15) is 28.8 Å². The third-order valence-electron chi connectivity index (χ3n) is 9.92. The molecule has 6 rings (SSSR count). The average Bonchev–Trinajstić information content (AvgIpc) is 3.87. The number of hydrogen-bond donors (Lipinski definition) is 0. The molecule has 18 heteroatoms. The van der Waals surface area contributed by atoms with Crippen molar-refractivity contribution in [3.8, 4) is 23.0 Å². The van der Waals surface area contributed by atoms with E-state index < -0.39 is 62.2 Å². The van der Waals surface area contributed by atoms with Gasteiger partial charge in [-0.25, -0.2) is 13.6 Å². The van der Waals surface area contributed by atoms with E-state index in [1.165, 1.54) is 67.8 Å². The van der Waals surface area contributed by atoms with Gasteiger partial charge in [0.15, 0.2) is 23.0 Å². The second kappa shape index (κ2) is 18.0. The predicted octanol–water partition coefficient (Wildman–Crippen LogP) is 7.35. The molecule has 4 aromatic rings. The van der Waals surface area contributed by atoms with Crippen molar-refractivity contribution in [3.05, 3.63) is 139 Å². The summed E-state index contributed by atoms with van der Waals surface area (Å²) in [5.74, 6) is -3.30. The highest BCUT2D eigenvalue weighted by Gasteiger charge is 2.39. The average molecular weight is 829 g/mol. The van der Waals surface area contributed by atoms with Crippen molar-refractivity contribution in [1.29, 1.82) is 0 Å². The minimum absolute atomic E-state index is 0.00993. The minimum atomic E-state index is -1.16. The van der Waals surface area contributed by atoms with Crippen LogP contribution in [0.2, 0.25) is 0 Å². The number of carbonyl (C=O) groups is 3. The number of rotatable bonds is 15. The highest BCUT2D eigenvalue weighted by molar-refractivity contribution is 6.03. The Hall–Kier alpha value is -7.37. The van der Waals surface area contributed by atoms with Gasteiger partial charge in [-0.3, -0.25) is 34.7 Å². The molecule has 0 bridgehead atoms. The van der Waals surface area contributed by atoms with Gasteiger partial charge in [-0.05, 0) is 59.9 Å². The first-order valence-corrected chi connectivity index (χ1v) is 18.4. The first kappa shape index (κ1) is 42.2. The van der Waals surface area contributed by atoms with Gasteiger partial charge in [0, 0.05) is 43.4 Å². The second-order valence-corrected chi connectivity index (χ2v) is 13.6. The Kier molecular flexibility index (Phi) is 12.7. The highest BCUT2D eigenvalue weighted by Crippen LogP contribution is 2.40. The molecule has 2 amide bonds. The van der Waals surface area contributed by atoms with E-state index in [0.717, 1.165) is 35.8 Å². The molecule has 0 unspecified atom stereocenters. The third kappa shape index (κ3) is 8.86. The molecule has 0 fully saturated rings. The van der Waals surface area contributed by atoms with E-state index in [2.05, 4.69) is 0 Å². The van der Waals surface area contributed by atoms with Crippen molar-refractivity contribution in [2.75, 3.05) is 34.5 Å². The van der Waals surface area contributed by atoms with Crippen LogP contribution in [0, 0.1) is 31.9 Å². The van der Waals surface area contributed by atoms with Crippen LogP contribution >= 0.6 is 0 Å². The van der Waals surface area contributed by atoms with E-state index >= 15 is 0 Å². The number of methoxy groups -OCH3 is 3. The normalized spacial score (nSPS) is 15.8. The van der Waals surface area contributed by atoms with Crippen molar-refractivity contribution >= 4 is 40.3 Å². The fraction of sp³-hybridized carbons (Fsp3) is 0.262. The lowest BCUT2D eigenvalue weighted by Gasteiger charge is -2.22. The Morgan fingerprint density at radius 3 is 1.53 bits per heavy atom. The standard InChI is InChI=1S/C42H38F2N4O12/c1-24-16-27(25-6-10-29(43)11-7-25)22-45(24)40(49)31-18-36(56-2)38(20-33(31)47(52)53)59-14-5-15-60-39-21-34(48(54)55)32(19-37(39)57-3)41(50)46-23-28(17-35(46)42(51)58-4)26-8-12-30(44)13-9-26/h6-13,18-24,35H,5,14-17H2,1-4H3/t24-,35+/m1/s1. The summed E-state index contributed by atoms with van der Waals surface area (Å²) >= 11 is 0. The van der Waals surface area contributed by atoms with E-state index in [9.17, 15) is 43.4 Å². The number of esters is 1. The van der Waals surface area contributed by atoms with E-state index in [-0.39, 0.29) is 60.7 Å². The van der Waals surface area contributed by atoms with E-state index in [4.69, 9.17) is 23.7 Å². The van der Waals surface area contributed by atoms with Crippen LogP contribution in [0.4, 0.5) is 20.2 Å². The van der Waals surface area contributed by atoms with Crippen molar-refractivity contribution in [2.24, 2.45) is 0 Å². The number of carbonyl (C=O) groups excluding carboxylic acids is 3. The fourth-order valence-electron chi connectivity index (χ4n) is 6.88. The molecule has 0 saturated heterocycles. The monoisotopic (exact) mass is 828 g/mol. The Bertz CT molecular complexity index is 2400. The van der Waals surface area contributed by atoms with Crippen LogP contribution < -0.4 is 18.9 Å². The van der Waals surface area contributed by atoms with Crippen LogP contribution in [-0.4, -0.2) is 84.1 Å². The minimum Gasteiger partial charge on any atom is -0.493 e. The molecule has 0 radical (unpaired) electrons. The Morgan fingerprint density at radius 2 is 1.10 bits per heavy atom. The lowest BCUT2D eigenvalue weighted by Crippen LogP contribution is -2.39. The summed E-state index contributed by atoms with van der Waals surface area (Å²) in [6.45, 7) is 1.61. The number of nitro groups is 2. The molecule has 312 valence electrons. The number of amides is 2. The maximum atomic E-state index is 13.9. The number of halogens is 2. The lowest BCUT2D eigenvalue weighted by atomic mass is 10.0. The van der Waals surface area contributed by atoms with Crippen molar-refractivity contribution in [1.82, 2.24) is 9.80 Å². The first-order chi connectivity index (χ1) is 28.7. The highest BCUT2D eigenvalue weighted by atomic mass is 19.1. The van der Waals surface area contributed by atoms with Gasteiger partial charge in [-0.15, -0.1) is 0 Å².